The highest BCUT2D eigenvalue weighted by Crippen LogP contribution is 2.41. The Morgan fingerprint density at radius 3 is 2.67 bits per heavy atom. The number of carbonyl (C=O) groups excluding carboxylic acids is 1. The van der Waals surface area contributed by atoms with Gasteiger partial charge in [-0.1, -0.05) is 18.2 Å². The fourth-order valence-electron chi connectivity index (χ4n) is 3.23. The van der Waals surface area contributed by atoms with Gasteiger partial charge >= 0.3 is 5.97 Å². The molecule has 0 atom stereocenters. The molecule has 134 valence electrons. The molecule has 0 spiro atoms. The molecule has 0 amide bonds. The second kappa shape index (κ2) is 6.78. The molecule has 6 heteroatoms. The summed E-state index contributed by atoms with van der Waals surface area (Å²) in [6.45, 7) is 0. The number of esters is 1. The average Bonchev–Trinajstić information content (AvgIpc) is 2.70. The Balaban J connectivity index is 2.18. The van der Waals surface area contributed by atoms with Crippen molar-refractivity contribution < 1.29 is 13.9 Å². The zero-order chi connectivity index (χ0) is 19.0. The van der Waals surface area contributed by atoms with Gasteiger partial charge in [0.15, 0.2) is 0 Å². The van der Waals surface area contributed by atoms with Gasteiger partial charge < -0.3 is 14.9 Å². The highest BCUT2D eigenvalue weighted by atomic mass is 35.5. The van der Waals surface area contributed by atoms with Gasteiger partial charge in [0, 0.05) is 46.1 Å². The fourth-order valence-corrected chi connectivity index (χ4v) is 3.33. The summed E-state index contributed by atoms with van der Waals surface area (Å²) < 4.78 is 14.7. The molecule has 2 N–H and O–H groups in total. The van der Waals surface area contributed by atoms with E-state index in [1.54, 1.807) is 36.4 Å². The first-order valence-electron chi connectivity index (χ1n) is 8.21. The summed E-state index contributed by atoms with van der Waals surface area (Å²) in [6, 6.07) is 18.2. The molecular formula is C21H15ClN2O3. The summed E-state index contributed by atoms with van der Waals surface area (Å²) in [5.74, 6) is 0.181. The number of hydrogen-bond acceptors (Lipinski definition) is 5. The van der Waals surface area contributed by atoms with Crippen molar-refractivity contribution in [3.8, 4) is 22.5 Å². The minimum atomic E-state index is -0.407. The SMILES string of the molecule is COC(=O)c1ccccc1-c1c2cc/c(=N\Cl)cc-2oc2cc(N)ccc12. The topological polar surface area (TPSA) is 77.8 Å². The van der Waals surface area contributed by atoms with Crippen molar-refractivity contribution in [1.29, 1.82) is 0 Å². The number of nitrogens with two attached hydrogens (primary N) is 1. The minimum Gasteiger partial charge on any atom is -0.465 e. The van der Waals surface area contributed by atoms with E-state index < -0.39 is 5.97 Å². The van der Waals surface area contributed by atoms with Crippen molar-refractivity contribution in [3.05, 3.63) is 71.6 Å². The van der Waals surface area contributed by atoms with E-state index in [0.717, 1.165) is 22.1 Å². The molecule has 0 fully saturated rings. The average molecular weight is 379 g/mol. The van der Waals surface area contributed by atoms with Crippen LogP contribution < -0.4 is 11.1 Å². The van der Waals surface area contributed by atoms with E-state index in [9.17, 15) is 4.79 Å². The normalized spacial score (nSPS) is 11.9. The molecule has 5 nitrogen and oxygen atoms in total. The van der Waals surface area contributed by atoms with Crippen molar-refractivity contribution >= 4 is 34.4 Å². The molecule has 0 saturated carbocycles. The standard InChI is InChI=1S/C21H15ClN2O3/c1-26-21(25)15-5-3-2-4-14(15)20-16-8-6-12(23)10-18(16)27-19-11-13(24-22)7-9-17(19)20/h2-11H,23H2,1H3/b24-13+. The Bertz CT molecular complexity index is 1210. The zero-order valence-electron chi connectivity index (χ0n) is 14.4. The maximum absolute atomic E-state index is 12.3. The number of anilines is 1. The Labute approximate surface area is 160 Å². The highest BCUT2D eigenvalue weighted by molar-refractivity contribution is 6.14. The lowest BCUT2D eigenvalue weighted by Crippen LogP contribution is -2.05. The molecule has 4 rings (SSSR count). The lowest BCUT2D eigenvalue weighted by Gasteiger charge is -2.17. The monoisotopic (exact) mass is 378 g/mol. The van der Waals surface area contributed by atoms with Gasteiger partial charge in [-0.05, 0) is 35.9 Å². The molecule has 0 aromatic heterocycles. The zero-order valence-corrected chi connectivity index (χ0v) is 15.2. The van der Waals surface area contributed by atoms with E-state index in [-0.39, 0.29) is 0 Å². The molecule has 2 aromatic rings. The van der Waals surface area contributed by atoms with Gasteiger partial charge in [0.2, 0.25) is 0 Å². The van der Waals surface area contributed by atoms with Crippen molar-refractivity contribution in [3.63, 3.8) is 0 Å². The predicted octanol–water partition coefficient (Wildman–Crippen LogP) is 4.63. The number of hydrogen-bond donors (Lipinski definition) is 1. The maximum atomic E-state index is 12.3. The minimum absolute atomic E-state index is 0.407. The van der Waals surface area contributed by atoms with Gasteiger partial charge in [-0.3, -0.25) is 0 Å². The van der Waals surface area contributed by atoms with Crippen LogP contribution in [0.1, 0.15) is 10.4 Å². The molecule has 1 aliphatic heterocycles. The van der Waals surface area contributed by atoms with Crippen LogP contribution in [0, 0.1) is 0 Å². The third-order valence-corrected chi connectivity index (χ3v) is 4.62. The third-order valence-electron chi connectivity index (χ3n) is 4.43. The summed E-state index contributed by atoms with van der Waals surface area (Å²) in [6.07, 6.45) is 0. The summed E-state index contributed by atoms with van der Waals surface area (Å²) >= 11 is 5.62. The highest BCUT2D eigenvalue weighted by Gasteiger charge is 2.21. The van der Waals surface area contributed by atoms with E-state index in [2.05, 4.69) is 4.51 Å². The molecule has 0 radical (unpaired) electrons. The van der Waals surface area contributed by atoms with E-state index in [0.29, 0.717) is 28.0 Å². The number of benzene rings is 3. The van der Waals surface area contributed by atoms with Gasteiger partial charge in [-0.2, -0.15) is 4.51 Å². The first-order valence-corrected chi connectivity index (χ1v) is 8.55. The van der Waals surface area contributed by atoms with Crippen LogP contribution >= 0.6 is 11.8 Å². The molecule has 1 heterocycles. The van der Waals surface area contributed by atoms with Crippen LogP contribution in [0.25, 0.3) is 33.4 Å². The van der Waals surface area contributed by atoms with E-state index in [1.807, 2.05) is 24.3 Å². The van der Waals surface area contributed by atoms with Crippen LogP contribution in [-0.2, 0) is 4.74 Å². The summed E-state index contributed by atoms with van der Waals surface area (Å²) in [7, 11) is 1.37. The van der Waals surface area contributed by atoms with Crippen molar-refractivity contribution in [2.75, 3.05) is 12.8 Å². The molecular weight excluding hydrogens is 364 g/mol. The second-order valence-electron chi connectivity index (χ2n) is 6.03. The van der Waals surface area contributed by atoms with Crippen LogP contribution in [-0.4, -0.2) is 13.1 Å². The number of halogens is 1. The lowest BCUT2D eigenvalue weighted by molar-refractivity contribution is 0.0601. The number of ether oxygens (including phenoxy) is 1. The summed E-state index contributed by atoms with van der Waals surface area (Å²) in [5, 5.41) is 1.41. The number of rotatable bonds is 2. The van der Waals surface area contributed by atoms with Crippen LogP contribution in [0.5, 0.6) is 0 Å². The third kappa shape index (κ3) is 2.92. The molecule has 1 aliphatic carbocycles. The number of methoxy groups -OCH3 is 1. The van der Waals surface area contributed by atoms with Gasteiger partial charge in [0.1, 0.15) is 11.3 Å². The van der Waals surface area contributed by atoms with Gasteiger partial charge in [0.25, 0.3) is 0 Å². The van der Waals surface area contributed by atoms with Crippen molar-refractivity contribution in [1.82, 2.24) is 0 Å². The number of nitrogen functional groups attached to an aromatic ring is 1. The number of nitrogens with zero attached hydrogens (tertiary/aromatic N) is 1. The Kier molecular flexibility index (Phi) is 4.30. The quantitative estimate of drug-likeness (QED) is 0.313. The molecule has 2 aliphatic rings. The lowest BCUT2D eigenvalue weighted by atomic mass is 9.91. The van der Waals surface area contributed by atoms with Gasteiger partial charge in [-0.25, -0.2) is 4.79 Å². The molecule has 2 aromatic carbocycles. The number of carbonyl (C=O) groups is 1. The molecule has 0 saturated heterocycles. The number of fused-ring (bicyclic) bond motifs is 2. The van der Waals surface area contributed by atoms with Crippen LogP contribution in [0.2, 0.25) is 0 Å². The largest absolute Gasteiger partial charge is 0.465 e. The first kappa shape index (κ1) is 17.1. The van der Waals surface area contributed by atoms with E-state index in [4.69, 9.17) is 26.7 Å². The van der Waals surface area contributed by atoms with Crippen molar-refractivity contribution in [2.24, 2.45) is 4.51 Å². The Morgan fingerprint density at radius 2 is 1.89 bits per heavy atom. The van der Waals surface area contributed by atoms with Crippen LogP contribution in [0.15, 0.2) is 69.6 Å². The summed E-state index contributed by atoms with van der Waals surface area (Å²) in [4.78, 5) is 12.3. The van der Waals surface area contributed by atoms with Gasteiger partial charge in [0.05, 0.1) is 18.0 Å². The predicted molar refractivity (Wildman–Crippen MR) is 105 cm³/mol. The van der Waals surface area contributed by atoms with E-state index in [1.165, 1.54) is 7.11 Å². The van der Waals surface area contributed by atoms with Crippen molar-refractivity contribution in [2.45, 2.75) is 0 Å². The van der Waals surface area contributed by atoms with Crippen LogP contribution in [0.4, 0.5) is 5.69 Å². The maximum Gasteiger partial charge on any atom is 0.338 e. The van der Waals surface area contributed by atoms with E-state index >= 15 is 0 Å². The summed E-state index contributed by atoms with van der Waals surface area (Å²) in [5.41, 5.74) is 10.0. The molecule has 27 heavy (non-hydrogen) atoms. The Morgan fingerprint density at radius 1 is 1.07 bits per heavy atom. The smallest absolute Gasteiger partial charge is 0.338 e. The van der Waals surface area contributed by atoms with Crippen LogP contribution in [0.3, 0.4) is 0 Å². The fraction of sp³-hybridized carbons (Fsp3) is 0.0476. The second-order valence-corrected chi connectivity index (χ2v) is 6.20. The van der Waals surface area contributed by atoms with Gasteiger partial charge in [-0.15, -0.1) is 0 Å². The molecule has 0 unspecified atom stereocenters. The Hall–Kier alpha value is -3.31. The first-order chi connectivity index (χ1) is 13.1. The molecule has 0 bridgehead atoms.